The van der Waals surface area contributed by atoms with E-state index in [0.29, 0.717) is 18.1 Å². The molecule has 1 rings (SSSR count). The van der Waals surface area contributed by atoms with Crippen LogP contribution < -0.4 is 10.1 Å². The third-order valence-corrected chi connectivity index (χ3v) is 3.41. The van der Waals surface area contributed by atoms with E-state index in [1.54, 1.807) is 0 Å². The molecule has 1 amide bonds. The van der Waals surface area contributed by atoms with E-state index in [1.807, 2.05) is 46.1 Å². The smallest absolute Gasteiger partial charge is 0.251 e. The zero-order valence-electron chi connectivity index (χ0n) is 14.8. The molecule has 22 heavy (non-hydrogen) atoms. The highest BCUT2D eigenvalue weighted by molar-refractivity contribution is 5.94. The Morgan fingerprint density at radius 2 is 2.00 bits per heavy atom. The summed E-state index contributed by atoms with van der Waals surface area (Å²) in [6.45, 7) is 9.75. The van der Waals surface area contributed by atoms with Gasteiger partial charge in [-0.25, -0.2) is 0 Å². The second-order valence-corrected chi connectivity index (χ2v) is 6.48. The van der Waals surface area contributed by atoms with Crippen LogP contribution in [0.3, 0.4) is 0 Å². The fraction of sp³-hybridized carbons (Fsp3) is 0.611. The number of aryl methyl sites for hydroxylation is 1. The van der Waals surface area contributed by atoms with Gasteiger partial charge >= 0.3 is 0 Å². The normalized spacial score (nSPS) is 12.5. The van der Waals surface area contributed by atoms with Crippen molar-refractivity contribution < 1.29 is 9.53 Å². The highest BCUT2D eigenvalue weighted by Gasteiger charge is 2.16. The number of carbonyl (C=O) groups is 1. The van der Waals surface area contributed by atoms with Gasteiger partial charge in [-0.1, -0.05) is 13.8 Å². The van der Waals surface area contributed by atoms with Crippen LogP contribution in [0, 0.1) is 12.8 Å². The molecule has 0 aliphatic carbocycles. The summed E-state index contributed by atoms with van der Waals surface area (Å²) < 4.78 is 5.52. The number of carbonyl (C=O) groups excluding carboxylic acids is 1. The topological polar surface area (TPSA) is 41.6 Å². The van der Waals surface area contributed by atoms with E-state index in [1.165, 1.54) is 0 Å². The third kappa shape index (κ3) is 6.06. The van der Waals surface area contributed by atoms with Gasteiger partial charge in [0.15, 0.2) is 0 Å². The average molecular weight is 306 g/mol. The zero-order valence-corrected chi connectivity index (χ0v) is 14.8. The average Bonchev–Trinajstić information content (AvgIpc) is 2.39. The molecular formula is C18H30N2O2. The lowest BCUT2D eigenvalue weighted by atomic mass is 10.0. The maximum Gasteiger partial charge on any atom is 0.251 e. The molecule has 1 unspecified atom stereocenters. The van der Waals surface area contributed by atoms with Crippen LogP contribution in [0.2, 0.25) is 0 Å². The zero-order chi connectivity index (χ0) is 16.7. The summed E-state index contributed by atoms with van der Waals surface area (Å²) in [5.41, 5.74) is 1.68. The van der Waals surface area contributed by atoms with Crippen molar-refractivity contribution in [2.75, 3.05) is 27.2 Å². The number of likely N-dealkylation sites (N-methyl/N-ethyl adjacent to an activating group) is 1. The Labute approximate surface area is 134 Å². The molecule has 124 valence electrons. The van der Waals surface area contributed by atoms with Gasteiger partial charge in [-0.2, -0.15) is 0 Å². The fourth-order valence-corrected chi connectivity index (χ4v) is 2.57. The molecule has 0 aliphatic rings. The molecule has 0 bridgehead atoms. The maximum absolute atomic E-state index is 12.5. The van der Waals surface area contributed by atoms with E-state index in [0.717, 1.165) is 24.3 Å². The van der Waals surface area contributed by atoms with Gasteiger partial charge in [0.2, 0.25) is 0 Å². The first-order valence-corrected chi connectivity index (χ1v) is 8.02. The molecule has 0 fully saturated rings. The van der Waals surface area contributed by atoms with Crippen LogP contribution in [0.25, 0.3) is 0 Å². The number of amides is 1. The van der Waals surface area contributed by atoms with Gasteiger partial charge in [0, 0.05) is 18.2 Å². The second kappa shape index (κ2) is 8.79. The summed E-state index contributed by atoms with van der Waals surface area (Å²) >= 11 is 0. The molecule has 4 nitrogen and oxygen atoms in total. The molecule has 0 radical (unpaired) electrons. The molecule has 1 N–H and O–H groups in total. The number of benzene rings is 1. The van der Waals surface area contributed by atoms with E-state index in [2.05, 4.69) is 24.1 Å². The van der Waals surface area contributed by atoms with Crippen molar-refractivity contribution in [1.82, 2.24) is 10.2 Å². The van der Waals surface area contributed by atoms with Crippen LogP contribution >= 0.6 is 0 Å². The Bertz CT molecular complexity index is 474. The third-order valence-electron chi connectivity index (χ3n) is 3.41. The summed E-state index contributed by atoms with van der Waals surface area (Å²) in [4.78, 5) is 14.6. The lowest BCUT2D eigenvalue weighted by molar-refractivity contribution is 0.0924. The molecule has 0 saturated carbocycles. The lowest BCUT2D eigenvalue weighted by Gasteiger charge is -2.24. The highest BCUT2D eigenvalue weighted by atomic mass is 16.5. The number of hydrogen-bond donors (Lipinski definition) is 1. The molecule has 4 heteroatoms. The van der Waals surface area contributed by atoms with E-state index >= 15 is 0 Å². The molecule has 1 atom stereocenters. The monoisotopic (exact) mass is 306 g/mol. The molecule has 0 heterocycles. The molecule has 0 aliphatic heterocycles. The molecule has 0 spiro atoms. The van der Waals surface area contributed by atoms with Gasteiger partial charge in [0.05, 0.1) is 6.61 Å². The predicted octanol–water partition coefficient (Wildman–Crippen LogP) is 3.10. The van der Waals surface area contributed by atoms with Crippen LogP contribution in [0.1, 0.15) is 43.1 Å². The Morgan fingerprint density at radius 1 is 1.32 bits per heavy atom. The van der Waals surface area contributed by atoms with Gasteiger partial charge in [-0.05, 0) is 64.0 Å². The minimum absolute atomic E-state index is 0.0151. The number of nitrogens with one attached hydrogen (secondary N) is 1. The number of nitrogens with zero attached hydrogens (tertiary/aromatic N) is 1. The summed E-state index contributed by atoms with van der Waals surface area (Å²) in [7, 11) is 4.06. The number of hydrogen-bond acceptors (Lipinski definition) is 3. The molecule has 0 saturated heterocycles. The summed E-state index contributed by atoms with van der Waals surface area (Å²) in [5, 5.41) is 3.15. The van der Waals surface area contributed by atoms with Gasteiger partial charge in [-0.3, -0.25) is 4.79 Å². The van der Waals surface area contributed by atoms with Crippen LogP contribution in [0.15, 0.2) is 18.2 Å². The first-order valence-electron chi connectivity index (χ1n) is 8.02. The number of rotatable bonds is 8. The van der Waals surface area contributed by atoms with Crippen LogP contribution in [0.5, 0.6) is 5.75 Å². The van der Waals surface area contributed by atoms with Crippen molar-refractivity contribution in [3.8, 4) is 5.75 Å². The van der Waals surface area contributed by atoms with Gasteiger partial charge in [-0.15, -0.1) is 0 Å². The largest absolute Gasteiger partial charge is 0.494 e. The van der Waals surface area contributed by atoms with E-state index < -0.39 is 0 Å². The SMILES string of the molecule is CCOc1ccc(C(=O)NC(CC(C)C)CN(C)C)cc1C. The standard InChI is InChI=1S/C18H30N2O2/c1-7-22-17-9-8-15(11-14(17)4)18(21)19-16(10-13(2)3)12-20(5)6/h8-9,11,13,16H,7,10,12H2,1-6H3,(H,19,21). The summed E-state index contributed by atoms with van der Waals surface area (Å²) in [6.07, 6.45) is 0.972. The van der Waals surface area contributed by atoms with Crippen molar-refractivity contribution in [1.29, 1.82) is 0 Å². The lowest BCUT2D eigenvalue weighted by Crippen LogP contribution is -2.42. The van der Waals surface area contributed by atoms with Crippen LogP contribution in [0.4, 0.5) is 0 Å². The maximum atomic E-state index is 12.5. The van der Waals surface area contributed by atoms with Crippen molar-refractivity contribution in [2.45, 2.75) is 40.2 Å². The highest BCUT2D eigenvalue weighted by Crippen LogP contribution is 2.19. The van der Waals surface area contributed by atoms with Crippen molar-refractivity contribution in [3.05, 3.63) is 29.3 Å². The predicted molar refractivity (Wildman–Crippen MR) is 91.6 cm³/mol. The summed E-state index contributed by atoms with van der Waals surface area (Å²) in [5.74, 6) is 1.37. The Morgan fingerprint density at radius 3 is 2.50 bits per heavy atom. The molecular weight excluding hydrogens is 276 g/mol. The Balaban J connectivity index is 2.78. The van der Waals surface area contributed by atoms with E-state index in [9.17, 15) is 4.79 Å². The minimum Gasteiger partial charge on any atom is -0.494 e. The second-order valence-electron chi connectivity index (χ2n) is 6.48. The van der Waals surface area contributed by atoms with Crippen LogP contribution in [-0.2, 0) is 0 Å². The molecule has 1 aromatic carbocycles. The number of ether oxygens (including phenoxy) is 1. The molecule has 1 aromatic rings. The van der Waals surface area contributed by atoms with Gasteiger partial charge in [0.25, 0.3) is 5.91 Å². The quantitative estimate of drug-likeness (QED) is 0.802. The Kier molecular flexibility index (Phi) is 7.39. The van der Waals surface area contributed by atoms with Gasteiger partial charge < -0.3 is 15.0 Å². The van der Waals surface area contributed by atoms with Gasteiger partial charge in [0.1, 0.15) is 5.75 Å². The summed E-state index contributed by atoms with van der Waals surface area (Å²) in [6, 6.07) is 5.75. The van der Waals surface area contributed by atoms with E-state index in [4.69, 9.17) is 4.74 Å². The minimum atomic E-state index is -0.0151. The van der Waals surface area contributed by atoms with Crippen molar-refractivity contribution in [2.24, 2.45) is 5.92 Å². The first kappa shape index (κ1) is 18.5. The first-order chi connectivity index (χ1) is 10.3. The Hall–Kier alpha value is -1.55. The van der Waals surface area contributed by atoms with Crippen molar-refractivity contribution >= 4 is 5.91 Å². The fourth-order valence-electron chi connectivity index (χ4n) is 2.57. The van der Waals surface area contributed by atoms with E-state index in [-0.39, 0.29) is 11.9 Å². The van der Waals surface area contributed by atoms with Crippen LogP contribution in [-0.4, -0.2) is 44.1 Å². The van der Waals surface area contributed by atoms with Crippen molar-refractivity contribution in [3.63, 3.8) is 0 Å². The molecule has 0 aromatic heterocycles.